The quantitative estimate of drug-likeness (QED) is 0.937. The maximum Gasteiger partial charge on any atom is 0.146 e. The molecule has 1 aromatic carbocycles. The molecule has 1 aromatic heterocycles. The van der Waals surface area contributed by atoms with Crippen LogP contribution in [0.25, 0.3) is 0 Å². The lowest BCUT2D eigenvalue weighted by atomic mass is 10.2. The number of ether oxygens (including phenoxy) is 1. The summed E-state index contributed by atoms with van der Waals surface area (Å²) in [4.78, 5) is 3.99. The summed E-state index contributed by atoms with van der Waals surface area (Å²) in [5.41, 5.74) is 0.673. The molecule has 17 heavy (non-hydrogen) atoms. The van der Waals surface area contributed by atoms with Crippen molar-refractivity contribution < 1.29 is 9.84 Å². The summed E-state index contributed by atoms with van der Waals surface area (Å²) in [5, 5.41) is 9.47. The predicted octanol–water partition coefficient (Wildman–Crippen LogP) is 3.78. The Kier molecular flexibility index (Phi) is 3.99. The second-order valence-electron chi connectivity index (χ2n) is 3.35. The van der Waals surface area contributed by atoms with Crippen LogP contribution in [0.15, 0.2) is 41.1 Å². The zero-order chi connectivity index (χ0) is 12.3. The number of hydrogen-bond acceptors (Lipinski definition) is 3. The number of benzene rings is 1. The lowest BCUT2D eigenvalue weighted by molar-refractivity contribution is 0.282. The van der Waals surface area contributed by atoms with Crippen LogP contribution < -0.4 is 4.74 Å². The van der Waals surface area contributed by atoms with Crippen LogP contribution in [0, 0.1) is 0 Å². The van der Waals surface area contributed by atoms with Crippen LogP contribution in [0.5, 0.6) is 11.5 Å². The van der Waals surface area contributed by atoms with E-state index in [0.717, 1.165) is 4.47 Å². The van der Waals surface area contributed by atoms with Gasteiger partial charge in [0.25, 0.3) is 0 Å². The molecule has 0 fully saturated rings. The Bertz CT molecular complexity index is 534. The fourth-order valence-electron chi connectivity index (χ4n) is 1.30. The van der Waals surface area contributed by atoms with Crippen LogP contribution in [0.1, 0.15) is 5.56 Å². The van der Waals surface area contributed by atoms with Gasteiger partial charge in [-0.3, -0.25) is 4.98 Å². The highest BCUT2D eigenvalue weighted by Crippen LogP contribution is 2.27. The van der Waals surface area contributed by atoms with Gasteiger partial charge in [0.05, 0.1) is 12.8 Å². The van der Waals surface area contributed by atoms with Crippen LogP contribution in [0.2, 0.25) is 5.02 Å². The van der Waals surface area contributed by atoms with Crippen molar-refractivity contribution in [3.63, 3.8) is 0 Å². The minimum atomic E-state index is -0.0858. The molecule has 0 saturated heterocycles. The highest BCUT2D eigenvalue weighted by Gasteiger charge is 2.03. The molecule has 0 atom stereocenters. The molecule has 2 aromatic rings. The van der Waals surface area contributed by atoms with Gasteiger partial charge in [0.2, 0.25) is 0 Å². The Balaban J connectivity index is 2.22. The maximum absolute atomic E-state index is 8.99. The van der Waals surface area contributed by atoms with Crippen molar-refractivity contribution >= 4 is 27.5 Å². The summed E-state index contributed by atoms with van der Waals surface area (Å²) in [5.74, 6) is 1.22. The molecule has 0 aliphatic carbocycles. The zero-order valence-corrected chi connectivity index (χ0v) is 11.1. The number of pyridine rings is 1. The molecule has 0 amide bonds. The molecular weight excluding hydrogens is 305 g/mol. The van der Waals surface area contributed by atoms with E-state index in [1.165, 1.54) is 0 Å². The molecule has 0 aliphatic rings. The van der Waals surface area contributed by atoms with Crippen molar-refractivity contribution in [1.82, 2.24) is 4.98 Å². The first-order valence-electron chi connectivity index (χ1n) is 4.87. The van der Waals surface area contributed by atoms with Gasteiger partial charge in [-0.15, -0.1) is 0 Å². The van der Waals surface area contributed by atoms with Gasteiger partial charge in [-0.25, -0.2) is 0 Å². The molecule has 0 unspecified atom stereocenters. The van der Waals surface area contributed by atoms with E-state index >= 15 is 0 Å². The van der Waals surface area contributed by atoms with Gasteiger partial charge >= 0.3 is 0 Å². The number of halogens is 2. The molecule has 88 valence electrons. The first kappa shape index (κ1) is 12.4. The third-order valence-corrected chi connectivity index (χ3v) is 2.90. The van der Waals surface area contributed by atoms with E-state index in [2.05, 4.69) is 20.9 Å². The average molecular weight is 315 g/mol. The normalized spacial score (nSPS) is 10.3. The lowest BCUT2D eigenvalue weighted by Crippen LogP contribution is -1.88. The van der Waals surface area contributed by atoms with Crippen LogP contribution in [0.4, 0.5) is 0 Å². The Morgan fingerprint density at radius 3 is 2.71 bits per heavy atom. The van der Waals surface area contributed by atoms with Crippen LogP contribution >= 0.6 is 27.5 Å². The summed E-state index contributed by atoms with van der Waals surface area (Å²) in [7, 11) is 0. The number of rotatable bonds is 3. The third kappa shape index (κ3) is 3.19. The Morgan fingerprint density at radius 2 is 2.06 bits per heavy atom. The highest BCUT2D eigenvalue weighted by atomic mass is 79.9. The Morgan fingerprint density at radius 1 is 1.24 bits per heavy atom. The summed E-state index contributed by atoms with van der Waals surface area (Å²) in [6.07, 6.45) is 3.29. The summed E-state index contributed by atoms with van der Waals surface area (Å²) in [6, 6.07) is 6.94. The number of aliphatic hydroxyl groups is 1. The van der Waals surface area contributed by atoms with E-state index in [1.807, 2.05) is 0 Å². The number of aromatic nitrogens is 1. The van der Waals surface area contributed by atoms with Crippen molar-refractivity contribution in [2.24, 2.45) is 0 Å². The summed E-state index contributed by atoms with van der Waals surface area (Å²) in [6.45, 7) is -0.0858. The van der Waals surface area contributed by atoms with Crippen molar-refractivity contribution in [2.75, 3.05) is 0 Å². The van der Waals surface area contributed by atoms with Gasteiger partial charge in [0, 0.05) is 15.7 Å². The van der Waals surface area contributed by atoms with E-state index < -0.39 is 0 Å². The van der Waals surface area contributed by atoms with E-state index in [-0.39, 0.29) is 6.61 Å². The summed E-state index contributed by atoms with van der Waals surface area (Å²) < 4.78 is 6.42. The number of nitrogens with zero attached hydrogens (tertiary/aromatic N) is 1. The topological polar surface area (TPSA) is 42.4 Å². The minimum absolute atomic E-state index is 0.0858. The molecule has 0 radical (unpaired) electrons. The van der Waals surface area contributed by atoms with Gasteiger partial charge in [0.1, 0.15) is 11.5 Å². The standard InChI is InChI=1S/C12H9BrClNO2/c13-9-3-11(6-15-5-9)17-10-2-1-8(7-16)12(14)4-10/h1-6,16H,7H2. The first-order chi connectivity index (χ1) is 8.19. The minimum Gasteiger partial charge on any atom is -0.456 e. The van der Waals surface area contributed by atoms with Gasteiger partial charge in [0.15, 0.2) is 0 Å². The number of aliphatic hydroxyl groups excluding tert-OH is 1. The molecule has 0 saturated carbocycles. The van der Waals surface area contributed by atoms with E-state index in [1.54, 1.807) is 36.7 Å². The fraction of sp³-hybridized carbons (Fsp3) is 0.0833. The zero-order valence-electron chi connectivity index (χ0n) is 8.73. The van der Waals surface area contributed by atoms with Gasteiger partial charge in [-0.05, 0) is 39.7 Å². The van der Waals surface area contributed by atoms with Crippen molar-refractivity contribution in [3.8, 4) is 11.5 Å². The molecule has 0 bridgehead atoms. The second kappa shape index (κ2) is 5.49. The smallest absolute Gasteiger partial charge is 0.146 e. The summed E-state index contributed by atoms with van der Waals surface area (Å²) >= 11 is 9.27. The van der Waals surface area contributed by atoms with Crippen LogP contribution in [-0.2, 0) is 6.61 Å². The maximum atomic E-state index is 8.99. The van der Waals surface area contributed by atoms with Crippen molar-refractivity contribution in [3.05, 3.63) is 51.7 Å². The molecule has 1 N–H and O–H groups in total. The Labute approximate surface area is 112 Å². The van der Waals surface area contributed by atoms with E-state index in [4.69, 9.17) is 21.4 Å². The third-order valence-electron chi connectivity index (χ3n) is 2.11. The molecular formula is C12H9BrClNO2. The second-order valence-corrected chi connectivity index (χ2v) is 4.68. The van der Waals surface area contributed by atoms with Crippen LogP contribution in [0.3, 0.4) is 0 Å². The van der Waals surface area contributed by atoms with Gasteiger partial charge in [-0.1, -0.05) is 17.7 Å². The van der Waals surface area contributed by atoms with Crippen molar-refractivity contribution in [1.29, 1.82) is 0 Å². The van der Waals surface area contributed by atoms with E-state index in [9.17, 15) is 0 Å². The SMILES string of the molecule is OCc1ccc(Oc2cncc(Br)c2)cc1Cl. The van der Waals surface area contributed by atoms with Gasteiger partial charge < -0.3 is 9.84 Å². The van der Waals surface area contributed by atoms with Crippen LogP contribution in [-0.4, -0.2) is 10.1 Å². The van der Waals surface area contributed by atoms with Crippen molar-refractivity contribution in [2.45, 2.75) is 6.61 Å². The highest BCUT2D eigenvalue weighted by molar-refractivity contribution is 9.10. The molecule has 5 heteroatoms. The molecule has 0 aliphatic heterocycles. The predicted molar refractivity (Wildman–Crippen MR) is 69.4 cm³/mol. The molecule has 3 nitrogen and oxygen atoms in total. The van der Waals surface area contributed by atoms with Gasteiger partial charge in [-0.2, -0.15) is 0 Å². The Hall–Kier alpha value is -1.10. The molecule has 1 heterocycles. The molecule has 0 spiro atoms. The fourth-order valence-corrected chi connectivity index (χ4v) is 1.88. The van der Waals surface area contributed by atoms with E-state index in [0.29, 0.717) is 22.1 Å². The lowest BCUT2D eigenvalue weighted by Gasteiger charge is -2.07. The average Bonchev–Trinajstić information content (AvgIpc) is 2.29. The molecule has 2 rings (SSSR count). The monoisotopic (exact) mass is 313 g/mol. The largest absolute Gasteiger partial charge is 0.456 e. The number of hydrogen-bond donors (Lipinski definition) is 1. The first-order valence-corrected chi connectivity index (χ1v) is 6.04.